The van der Waals surface area contributed by atoms with Crippen LogP contribution in [-0.4, -0.2) is 23.7 Å². The maximum atomic E-state index is 13.8. The molecule has 0 spiro atoms. The van der Waals surface area contributed by atoms with E-state index in [9.17, 15) is 18.7 Å². The van der Waals surface area contributed by atoms with E-state index in [1.807, 2.05) is 0 Å². The van der Waals surface area contributed by atoms with Gasteiger partial charge in [0.05, 0.1) is 11.3 Å². The fourth-order valence-electron chi connectivity index (χ4n) is 2.64. The average molecular weight is 284 g/mol. The highest BCUT2D eigenvalue weighted by atomic mass is 19.1. The Morgan fingerprint density at radius 1 is 1.35 bits per heavy atom. The summed E-state index contributed by atoms with van der Waals surface area (Å²) in [6.07, 6.45) is 3.48. The first-order chi connectivity index (χ1) is 9.52. The van der Waals surface area contributed by atoms with E-state index >= 15 is 0 Å². The summed E-state index contributed by atoms with van der Waals surface area (Å²) in [5.41, 5.74) is 4.52. The van der Waals surface area contributed by atoms with Gasteiger partial charge >= 0.3 is 0 Å². The molecular formula is C14H18F2N2O2. The number of anilines is 1. The lowest BCUT2D eigenvalue weighted by molar-refractivity contribution is 0.0868. The predicted octanol–water partition coefficient (Wildman–Crippen LogP) is 1.83. The summed E-state index contributed by atoms with van der Waals surface area (Å²) >= 11 is 0. The van der Waals surface area contributed by atoms with Gasteiger partial charge in [-0.15, -0.1) is 0 Å². The Labute approximate surface area is 116 Å². The van der Waals surface area contributed by atoms with Crippen LogP contribution in [0.2, 0.25) is 0 Å². The molecule has 0 radical (unpaired) electrons. The van der Waals surface area contributed by atoms with Crippen LogP contribution in [0.25, 0.3) is 0 Å². The number of nitrogens with one attached hydrogen (secondary N) is 1. The monoisotopic (exact) mass is 284 g/mol. The van der Waals surface area contributed by atoms with Crippen LogP contribution in [-0.2, 0) is 0 Å². The number of nitrogens with two attached hydrogens (primary N) is 1. The Kier molecular flexibility index (Phi) is 4.54. The number of halogens is 2. The zero-order chi connectivity index (χ0) is 14.7. The van der Waals surface area contributed by atoms with Gasteiger partial charge in [-0.05, 0) is 25.0 Å². The van der Waals surface area contributed by atoms with Crippen LogP contribution in [0.15, 0.2) is 12.1 Å². The van der Waals surface area contributed by atoms with Crippen molar-refractivity contribution in [3.8, 4) is 0 Å². The molecule has 4 nitrogen and oxygen atoms in total. The van der Waals surface area contributed by atoms with Gasteiger partial charge in [0.15, 0.2) is 5.82 Å². The van der Waals surface area contributed by atoms with E-state index in [0.717, 1.165) is 37.8 Å². The zero-order valence-corrected chi connectivity index (χ0v) is 11.0. The van der Waals surface area contributed by atoms with Crippen molar-refractivity contribution in [1.82, 2.24) is 5.32 Å². The number of carbonyl (C=O) groups excluding carboxylic acids is 1. The van der Waals surface area contributed by atoms with Gasteiger partial charge in [0.1, 0.15) is 5.82 Å². The van der Waals surface area contributed by atoms with Crippen LogP contribution >= 0.6 is 0 Å². The number of rotatable bonds is 3. The highest BCUT2D eigenvalue weighted by molar-refractivity contribution is 5.95. The number of hydrogen-bond donors (Lipinski definition) is 3. The Bertz CT molecular complexity index is 508. The van der Waals surface area contributed by atoms with Gasteiger partial charge in [-0.3, -0.25) is 4.79 Å². The van der Waals surface area contributed by atoms with Gasteiger partial charge in [0.25, 0.3) is 5.91 Å². The minimum atomic E-state index is -0.916. The minimum absolute atomic E-state index is 0.0290. The third-order valence-electron chi connectivity index (χ3n) is 3.77. The molecule has 1 fully saturated rings. The number of hydrogen-bond acceptors (Lipinski definition) is 3. The summed E-state index contributed by atoms with van der Waals surface area (Å²) < 4.78 is 27.0. The number of aliphatic hydroxyl groups excluding tert-OH is 1. The molecule has 2 atom stereocenters. The fourth-order valence-corrected chi connectivity index (χ4v) is 2.64. The first-order valence-electron chi connectivity index (χ1n) is 6.69. The molecule has 1 aromatic rings. The highest BCUT2D eigenvalue weighted by Crippen LogP contribution is 2.25. The van der Waals surface area contributed by atoms with Gasteiger partial charge < -0.3 is 16.2 Å². The number of nitrogen functional groups attached to an aromatic ring is 1. The van der Waals surface area contributed by atoms with Gasteiger partial charge in [-0.2, -0.15) is 0 Å². The number of aliphatic hydroxyl groups is 1. The zero-order valence-electron chi connectivity index (χ0n) is 11.0. The molecular weight excluding hydrogens is 266 g/mol. The molecule has 1 aliphatic rings. The second kappa shape index (κ2) is 6.17. The maximum Gasteiger partial charge on any atom is 0.254 e. The van der Waals surface area contributed by atoms with Crippen LogP contribution in [0.5, 0.6) is 0 Å². The lowest BCUT2D eigenvalue weighted by Crippen LogP contribution is -2.43. The van der Waals surface area contributed by atoms with Crippen LogP contribution in [0.1, 0.15) is 36.0 Å². The standard InChI is InChI=1S/C14H18F2N2O2/c15-9-5-10(13(16)11(17)6-9)14(20)18-12-4-2-1-3-8(12)7-19/h5-6,8,12,19H,1-4,7,17H2,(H,18,20). The topological polar surface area (TPSA) is 75.4 Å². The molecule has 6 heteroatoms. The lowest BCUT2D eigenvalue weighted by atomic mass is 9.85. The lowest BCUT2D eigenvalue weighted by Gasteiger charge is -2.30. The molecule has 0 saturated heterocycles. The maximum absolute atomic E-state index is 13.8. The summed E-state index contributed by atoms with van der Waals surface area (Å²) in [4.78, 5) is 12.0. The second-order valence-electron chi connectivity index (χ2n) is 5.16. The van der Waals surface area contributed by atoms with Crippen molar-refractivity contribution in [3.63, 3.8) is 0 Å². The molecule has 0 heterocycles. The van der Waals surface area contributed by atoms with E-state index in [4.69, 9.17) is 5.73 Å². The van der Waals surface area contributed by atoms with Crippen molar-refractivity contribution < 1.29 is 18.7 Å². The van der Waals surface area contributed by atoms with Crippen molar-refractivity contribution in [3.05, 3.63) is 29.3 Å². The van der Waals surface area contributed by atoms with Crippen LogP contribution < -0.4 is 11.1 Å². The van der Waals surface area contributed by atoms with Gasteiger partial charge in [-0.25, -0.2) is 8.78 Å². The first-order valence-corrected chi connectivity index (χ1v) is 6.69. The Morgan fingerprint density at radius 3 is 2.75 bits per heavy atom. The van der Waals surface area contributed by atoms with Crippen molar-refractivity contribution in [2.75, 3.05) is 12.3 Å². The number of amides is 1. The molecule has 2 rings (SSSR count). The fraction of sp³-hybridized carbons (Fsp3) is 0.500. The molecule has 20 heavy (non-hydrogen) atoms. The van der Waals surface area contributed by atoms with Gasteiger partial charge in [0, 0.05) is 18.6 Å². The van der Waals surface area contributed by atoms with Gasteiger partial charge in [-0.1, -0.05) is 12.8 Å². The number of benzene rings is 1. The number of carbonyl (C=O) groups is 1. The van der Waals surface area contributed by atoms with Crippen molar-refractivity contribution in [2.24, 2.45) is 5.92 Å². The van der Waals surface area contributed by atoms with E-state index in [2.05, 4.69) is 5.32 Å². The summed E-state index contributed by atoms with van der Waals surface area (Å²) in [5, 5.41) is 12.0. The third-order valence-corrected chi connectivity index (χ3v) is 3.77. The quantitative estimate of drug-likeness (QED) is 0.741. The Morgan fingerprint density at radius 2 is 2.05 bits per heavy atom. The molecule has 0 bridgehead atoms. The van der Waals surface area contributed by atoms with E-state index in [1.165, 1.54) is 0 Å². The third kappa shape index (κ3) is 3.07. The molecule has 110 valence electrons. The SMILES string of the molecule is Nc1cc(F)cc(C(=O)NC2CCCCC2CO)c1F. The summed E-state index contributed by atoms with van der Waals surface area (Å²) in [7, 11) is 0. The Balaban J connectivity index is 2.15. The van der Waals surface area contributed by atoms with E-state index < -0.39 is 28.8 Å². The van der Waals surface area contributed by atoms with Crippen molar-refractivity contribution in [1.29, 1.82) is 0 Å². The minimum Gasteiger partial charge on any atom is -0.396 e. The van der Waals surface area contributed by atoms with E-state index in [1.54, 1.807) is 0 Å². The molecule has 4 N–H and O–H groups in total. The Hall–Kier alpha value is -1.69. The smallest absolute Gasteiger partial charge is 0.254 e. The van der Waals surface area contributed by atoms with Crippen LogP contribution in [0, 0.1) is 17.6 Å². The molecule has 0 aromatic heterocycles. The molecule has 1 aromatic carbocycles. The molecule has 2 unspecified atom stereocenters. The predicted molar refractivity (Wildman–Crippen MR) is 71.1 cm³/mol. The highest BCUT2D eigenvalue weighted by Gasteiger charge is 2.27. The van der Waals surface area contributed by atoms with E-state index in [-0.39, 0.29) is 18.6 Å². The summed E-state index contributed by atoms with van der Waals surface area (Å²) in [5.74, 6) is -2.41. The second-order valence-corrected chi connectivity index (χ2v) is 5.16. The van der Waals surface area contributed by atoms with Crippen molar-refractivity contribution >= 4 is 11.6 Å². The van der Waals surface area contributed by atoms with E-state index in [0.29, 0.717) is 0 Å². The largest absolute Gasteiger partial charge is 0.396 e. The average Bonchev–Trinajstić information content (AvgIpc) is 2.43. The molecule has 1 aliphatic carbocycles. The molecule has 1 amide bonds. The molecule has 0 aliphatic heterocycles. The van der Waals surface area contributed by atoms with Crippen molar-refractivity contribution in [2.45, 2.75) is 31.7 Å². The summed E-state index contributed by atoms with van der Waals surface area (Å²) in [6.45, 7) is -0.0290. The molecule has 1 saturated carbocycles. The van der Waals surface area contributed by atoms with Gasteiger partial charge in [0.2, 0.25) is 0 Å². The van der Waals surface area contributed by atoms with Crippen LogP contribution in [0.4, 0.5) is 14.5 Å². The first kappa shape index (κ1) is 14.7. The van der Waals surface area contributed by atoms with Crippen LogP contribution in [0.3, 0.4) is 0 Å². The summed E-state index contributed by atoms with van der Waals surface area (Å²) in [6, 6.07) is 1.45. The normalized spacial score (nSPS) is 22.6.